The van der Waals surface area contributed by atoms with E-state index in [2.05, 4.69) is 10.6 Å². The highest BCUT2D eigenvalue weighted by molar-refractivity contribution is 5.96. The summed E-state index contributed by atoms with van der Waals surface area (Å²) in [6.07, 6.45) is -1.61. The van der Waals surface area contributed by atoms with Crippen molar-refractivity contribution in [2.24, 2.45) is 0 Å². The number of carboxylic acid groups (broad SMARTS) is 1. The molecule has 0 bridgehead atoms. The zero-order chi connectivity index (χ0) is 22.4. The van der Waals surface area contributed by atoms with Crippen LogP contribution >= 0.6 is 0 Å². The summed E-state index contributed by atoms with van der Waals surface area (Å²) >= 11 is 0. The molecule has 158 valence electrons. The van der Waals surface area contributed by atoms with Crippen molar-refractivity contribution >= 4 is 29.5 Å². The number of hydrogen-bond acceptors (Lipinski definition) is 5. The quantitative estimate of drug-likeness (QED) is 0.521. The number of aryl methyl sites for hydroxylation is 2. The van der Waals surface area contributed by atoms with Gasteiger partial charge in [-0.05, 0) is 56.3 Å². The number of carboxylic acids is 1. The summed E-state index contributed by atoms with van der Waals surface area (Å²) in [5.41, 5.74) is 2.13. The van der Waals surface area contributed by atoms with Crippen molar-refractivity contribution in [3.63, 3.8) is 0 Å². The SMILES string of the molecule is Cc1ccc(OC(=O)Nc2cc(NC(=O)Oc3ccc(C)cc3)cc(C(=O)O)c2)cc1. The van der Waals surface area contributed by atoms with E-state index in [0.29, 0.717) is 11.5 Å². The molecule has 0 aliphatic carbocycles. The summed E-state index contributed by atoms with van der Waals surface area (Å²) in [6.45, 7) is 3.80. The molecule has 0 radical (unpaired) electrons. The van der Waals surface area contributed by atoms with Crippen LogP contribution in [0.2, 0.25) is 0 Å². The zero-order valence-corrected chi connectivity index (χ0v) is 16.8. The minimum absolute atomic E-state index is 0.127. The Morgan fingerprint density at radius 1 is 0.677 bits per heavy atom. The summed E-state index contributed by atoms with van der Waals surface area (Å²) in [5.74, 6) is -0.569. The number of amides is 2. The number of nitrogens with one attached hydrogen (secondary N) is 2. The molecule has 0 aromatic heterocycles. The van der Waals surface area contributed by atoms with Gasteiger partial charge in [0, 0.05) is 11.4 Å². The molecule has 3 aromatic carbocycles. The molecule has 2 amide bonds. The van der Waals surface area contributed by atoms with E-state index in [-0.39, 0.29) is 16.9 Å². The lowest BCUT2D eigenvalue weighted by Gasteiger charge is -2.11. The van der Waals surface area contributed by atoms with E-state index in [4.69, 9.17) is 9.47 Å². The van der Waals surface area contributed by atoms with Crippen LogP contribution < -0.4 is 20.1 Å². The first kappa shape index (κ1) is 21.4. The molecule has 31 heavy (non-hydrogen) atoms. The van der Waals surface area contributed by atoms with Crippen molar-refractivity contribution in [2.45, 2.75) is 13.8 Å². The number of rotatable bonds is 5. The predicted octanol–water partition coefficient (Wildman–Crippen LogP) is 5.22. The molecule has 3 N–H and O–H groups in total. The van der Waals surface area contributed by atoms with Gasteiger partial charge in [0.2, 0.25) is 0 Å². The van der Waals surface area contributed by atoms with E-state index in [1.54, 1.807) is 48.5 Å². The Hall–Kier alpha value is -4.33. The van der Waals surface area contributed by atoms with Gasteiger partial charge >= 0.3 is 18.2 Å². The number of ether oxygens (including phenoxy) is 2. The van der Waals surface area contributed by atoms with Gasteiger partial charge in [-0.3, -0.25) is 10.6 Å². The lowest BCUT2D eigenvalue weighted by molar-refractivity contribution is 0.0696. The van der Waals surface area contributed by atoms with Crippen molar-refractivity contribution in [1.82, 2.24) is 0 Å². The summed E-state index contributed by atoms with van der Waals surface area (Å²) in [4.78, 5) is 35.7. The van der Waals surface area contributed by atoms with Gasteiger partial charge in [0.15, 0.2) is 0 Å². The third-order valence-electron chi connectivity index (χ3n) is 4.14. The highest BCUT2D eigenvalue weighted by atomic mass is 16.6. The second-order valence-electron chi connectivity index (χ2n) is 6.76. The largest absolute Gasteiger partial charge is 0.478 e. The molecule has 3 aromatic rings. The minimum Gasteiger partial charge on any atom is -0.478 e. The van der Waals surface area contributed by atoms with Gasteiger partial charge in [0.05, 0.1) is 5.56 Å². The van der Waals surface area contributed by atoms with Gasteiger partial charge in [-0.1, -0.05) is 35.4 Å². The summed E-state index contributed by atoms with van der Waals surface area (Å²) in [5, 5.41) is 14.2. The highest BCUT2D eigenvalue weighted by Gasteiger charge is 2.13. The van der Waals surface area contributed by atoms with Crippen molar-refractivity contribution in [3.8, 4) is 11.5 Å². The van der Waals surface area contributed by atoms with Crippen molar-refractivity contribution in [1.29, 1.82) is 0 Å². The van der Waals surface area contributed by atoms with Crippen LogP contribution in [-0.4, -0.2) is 23.3 Å². The minimum atomic E-state index is -1.23. The molecule has 8 nitrogen and oxygen atoms in total. The summed E-state index contributed by atoms with van der Waals surface area (Å²) < 4.78 is 10.3. The summed E-state index contributed by atoms with van der Waals surface area (Å²) in [6, 6.07) is 17.6. The van der Waals surface area contributed by atoms with Gasteiger partial charge in [0.25, 0.3) is 0 Å². The fourth-order valence-electron chi connectivity index (χ4n) is 2.61. The molecular formula is C23H20N2O6. The topological polar surface area (TPSA) is 114 Å². The van der Waals surface area contributed by atoms with Crippen molar-refractivity contribution < 1.29 is 29.0 Å². The number of aromatic carboxylic acids is 1. The molecule has 0 fully saturated rings. The Labute approximate surface area is 178 Å². The molecule has 0 aliphatic heterocycles. The van der Waals surface area contributed by atoms with E-state index >= 15 is 0 Å². The van der Waals surface area contributed by atoms with Crippen LogP contribution in [0.5, 0.6) is 11.5 Å². The van der Waals surface area contributed by atoms with Gasteiger partial charge in [-0.2, -0.15) is 0 Å². The summed E-state index contributed by atoms with van der Waals surface area (Å²) in [7, 11) is 0. The fraction of sp³-hybridized carbons (Fsp3) is 0.0870. The first-order valence-electron chi connectivity index (χ1n) is 9.28. The first-order valence-corrected chi connectivity index (χ1v) is 9.28. The number of carbonyl (C=O) groups is 3. The van der Waals surface area contributed by atoms with E-state index in [0.717, 1.165) is 11.1 Å². The van der Waals surface area contributed by atoms with Crippen LogP contribution in [-0.2, 0) is 0 Å². The number of carbonyl (C=O) groups excluding carboxylic acids is 2. The first-order chi connectivity index (χ1) is 14.8. The second-order valence-corrected chi connectivity index (χ2v) is 6.76. The molecule has 0 unspecified atom stereocenters. The molecule has 0 heterocycles. The third kappa shape index (κ3) is 6.33. The van der Waals surface area contributed by atoms with E-state index in [1.807, 2.05) is 13.8 Å². The van der Waals surface area contributed by atoms with Crippen molar-refractivity contribution in [3.05, 3.63) is 83.4 Å². The molecule has 3 rings (SSSR count). The van der Waals surface area contributed by atoms with Crippen LogP contribution in [0.25, 0.3) is 0 Å². The smallest absolute Gasteiger partial charge is 0.417 e. The number of benzene rings is 3. The van der Waals surface area contributed by atoms with Crippen LogP contribution in [0.1, 0.15) is 21.5 Å². The Morgan fingerprint density at radius 3 is 1.42 bits per heavy atom. The molecule has 0 aliphatic rings. The molecule has 0 saturated carbocycles. The van der Waals surface area contributed by atoms with Crippen LogP contribution in [0, 0.1) is 13.8 Å². The Morgan fingerprint density at radius 2 is 1.06 bits per heavy atom. The Kier molecular flexibility index (Phi) is 6.51. The van der Waals surface area contributed by atoms with Crippen LogP contribution in [0.3, 0.4) is 0 Å². The Bertz CT molecular complexity index is 1030. The standard InChI is InChI=1S/C23H20N2O6/c1-14-3-7-19(8-4-14)30-22(28)24-17-11-16(21(26)27)12-18(13-17)25-23(29)31-20-9-5-15(2)6-10-20/h3-13H,1-2H3,(H,24,28)(H,25,29)(H,26,27). The van der Waals surface area contributed by atoms with E-state index in [1.165, 1.54) is 18.2 Å². The van der Waals surface area contributed by atoms with Gasteiger partial charge < -0.3 is 14.6 Å². The molecular weight excluding hydrogens is 400 g/mol. The average molecular weight is 420 g/mol. The fourth-order valence-corrected chi connectivity index (χ4v) is 2.61. The monoisotopic (exact) mass is 420 g/mol. The number of hydrogen-bond donors (Lipinski definition) is 3. The van der Waals surface area contributed by atoms with E-state index < -0.39 is 18.2 Å². The van der Waals surface area contributed by atoms with Gasteiger partial charge in [-0.15, -0.1) is 0 Å². The van der Waals surface area contributed by atoms with E-state index in [9.17, 15) is 19.5 Å². The zero-order valence-electron chi connectivity index (χ0n) is 16.8. The maximum atomic E-state index is 12.2. The maximum absolute atomic E-state index is 12.2. The average Bonchev–Trinajstić information content (AvgIpc) is 2.71. The lowest BCUT2D eigenvalue weighted by Crippen LogP contribution is -2.19. The predicted molar refractivity (Wildman–Crippen MR) is 115 cm³/mol. The van der Waals surface area contributed by atoms with Gasteiger partial charge in [0.1, 0.15) is 11.5 Å². The Balaban J connectivity index is 1.71. The molecule has 0 saturated heterocycles. The molecule has 0 atom stereocenters. The van der Waals surface area contributed by atoms with Crippen LogP contribution in [0.15, 0.2) is 66.7 Å². The normalized spacial score (nSPS) is 10.1. The molecule has 0 spiro atoms. The molecule has 8 heteroatoms. The van der Waals surface area contributed by atoms with Gasteiger partial charge in [-0.25, -0.2) is 14.4 Å². The van der Waals surface area contributed by atoms with Crippen LogP contribution in [0.4, 0.5) is 21.0 Å². The third-order valence-corrected chi connectivity index (χ3v) is 4.14. The highest BCUT2D eigenvalue weighted by Crippen LogP contribution is 2.21. The van der Waals surface area contributed by atoms with Crippen molar-refractivity contribution in [2.75, 3.05) is 10.6 Å². The second kappa shape index (κ2) is 9.45. The maximum Gasteiger partial charge on any atom is 0.417 e. The lowest BCUT2D eigenvalue weighted by atomic mass is 10.1. The number of anilines is 2.